The van der Waals surface area contributed by atoms with Gasteiger partial charge in [0.2, 0.25) is 0 Å². The molecule has 18 heavy (non-hydrogen) atoms. The molecule has 0 rings (SSSR count). The molecule has 0 aliphatic heterocycles. The Bertz CT molecular complexity index is 309. The minimum absolute atomic E-state index is 0.764. The number of ether oxygens (including phenoxy) is 2. The summed E-state index contributed by atoms with van der Waals surface area (Å²) in [5, 5.41) is 2.07. The van der Waals surface area contributed by atoms with Crippen LogP contribution in [0.2, 0.25) is 0 Å². The number of alkyl halides is 3. The summed E-state index contributed by atoms with van der Waals surface area (Å²) in [4.78, 5) is 22.3. The number of rotatable bonds is 3. The molecule has 0 radical (unpaired) electrons. The summed E-state index contributed by atoms with van der Waals surface area (Å²) in [6, 6.07) is -1.22. The average Bonchev–Trinajstić information content (AvgIpc) is 2.09. The first-order chi connectivity index (χ1) is 7.91. The number of alkyl carbamates (subject to hydrolysis) is 1. The molecule has 5 nitrogen and oxygen atoms in total. The lowest BCUT2D eigenvalue weighted by Gasteiger charge is -2.21. The fraction of sp³-hybridized carbons (Fsp3) is 0.800. The van der Waals surface area contributed by atoms with E-state index in [0.717, 1.165) is 0 Å². The zero-order valence-electron chi connectivity index (χ0n) is 10.6. The number of hydrogen-bond donors (Lipinski definition) is 1. The van der Waals surface area contributed by atoms with Crippen LogP contribution in [0.5, 0.6) is 0 Å². The molecule has 0 aromatic heterocycles. The normalized spacial score (nSPS) is 13.7. The van der Waals surface area contributed by atoms with Crippen molar-refractivity contribution in [2.45, 2.75) is 45.5 Å². The van der Waals surface area contributed by atoms with Crippen molar-refractivity contribution in [2.24, 2.45) is 0 Å². The average molecular weight is 271 g/mol. The Balaban J connectivity index is 4.13. The summed E-state index contributed by atoms with van der Waals surface area (Å²) in [6.45, 7) is 4.34. The molecule has 0 spiro atoms. The SMILES string of the molecule is C[C@H](NC(=O)OC(C)(C)C)C(=O)OCC(F)(F)F. The maximum absolute atomic E-state index is 11.8. The van der Waals surface area contributed by atoms with E-state index in [1.165, 1.54) is 6.92 Å². The lowest BCUT2D eigenvalue weighted by atomic mass is 10.2. The number of carbonyl (C=O) groups excluding carboxylic acids is 2. The largest absolute Gasteiger partial charge is 0.455 e. The topological polar surface area (TPSA) is 64.6 Å². The van der Waals surface area contributed by atoms with Crippen molar-refractivity contribution < 1.29 is 32.2 Å². The van der Waals surface area contributed by atoms with Crippen LogP contribution in [-0.2, 0) is 14.3 Å². The van der Waals surface area contributed by atoms with Crippen LogP contribution >= 0.6 is 0 Å². The number of carbonyl (C=O) groups is 2. The number of amides is 1. The van der Waals surface area contributed by atoms with E-state index in [9.17, 15) is 22.8 Å². The van der Waals surface area contributed by atoms with E-state index in [0.29, 0.717) is 0 Å². The smallest absolute Gasteiger partial charge is 0.422 e. The van der Waals surface area contributed by atoms with Gasteiger partial charge in [0.25, 0.3) is 0 Å². The molecule has 1 N–H and O–H groups in total. The molecule has 1 amide bonds. The summed E-state index contributed by atoms with van der Waals surface area (Å²) >= 11 is 0. The van der Waals surface area contributed by atoms with Crippen molar-refractivity contribution in [3.8, 4) is 0 Å². The van der Waals surface area contributed by atoms with Gasteiger partial charge in [-0.2, -0.15) is 13.2 Å². The fourth-order valence-electron chi connectivity index (χ4n) is 0.821. The number of halogens is 3. The molecule has 0 aliphatic carbocycles. The molecule has 0 saturated heterocycles. The first-order valence-corrected chi connectivity index (χ1v) is 5.13. The Morgan fingerprint density at radius 1 is 1.22 bits per heavy atom. The fourth-order valence-corrected chi connectivity index (χ4v) is 0.821. The van der Waals surface area contributed by atoms with Crippen molar-refractivity contribution in [3.05, 3.63) is 0 Å². The van der Waals surface area contributed by atoms with Crippen LogP contribution in [0.3, 0.4) is 0 Å². The lowest BCUT2D eigenvalue weighted by Crippen LogP contribution is -2.43. The van der Waals surface area contributed by atoms with Gasteiger partial charge >= 0.3 is 18.2 Å². The maximum atomic E-state index is 11.8. The third kappa shape index (κ3) is 8.66. The van der Waals surface area contributed by atoms with Gasteiger partial charge in [0.15, 0.2) is 6.61 Å². The van der Waals surface area contributed by atoms with Crippen molar-refractivity contribution in [1.29, 1.82) is 0 Å². The first kappa shape index (κ1) is 16.5. The third-order valence-corrected chi connectivity index (χ3v) is 1.46. The van der Waals surface area contributed by atoms with Gasteiger partial charge in [0.1, 0.15) is 11.6 Å². The minimum atomic E-state index is -4.60. The summed E-state index contributed by atoms with van der Waals surface area (Å²) in [6.07, 6.45) is -5.50. The Hall–Kier alpha value is -1.47. The Morgan fingerprint density at radius 3 is 2.11 bits per heavy atom. The highest BCUT2D eigenvalue weighted by Gasteiger charge is 2.31. The standard InChI is InChI=1S/C10H16F3NO4/c1-6(7(15)17-5-10(11,12)13)14-8(16)18-9(2,3)4/h6H,5H2,1-4H3,(H,14,16)/t6-/m0/s1. The van der Waals surface area contributed by atoms with Gasteiger partial charge in [-0.3, -0.25) is 0 Å². The molecule has 0 bridgehead atoms. The van der Waals surface area contributed by atoms with Crippen LogP contribution in [0.4, 0.5) is 18.0 Å². The van der Waals surface area contributed by atoms with Gasteiger partial charge in [0, 0.05) is 0 Å². The van der Waals surface area contributed by atoms with Crippen LogP contribution in [-0.4, -0.2) is 36.5 Å². The Labute approximate surface area is 103 Å². The van der Waals surface area contributed by atoms with E-state index in [1.807, 2.05) is 0 Å². The van der Waals surface area contributed by atoms with Gasteiger partial charge in [-0.15, -0.1) is 0 Å². The van der Waals surface area contributed by atoms with Crippen LogP contribution < -0.4 is 5.32 Å². The summed E-state index contributed by atoms with van der Waals surface area (Å²) in [7, 11) is 0. The lowest BCUT2D eigenvalue weighted by molar-refractivity contribution is -0.187. The molecule has 0 saturated carbocycles. The van der Waals surface area contributed by atoms with Gasteiger partial charge in [-0.1, -0.05) is 0 Å². The van der Waals surface area contributed by atoms with E-state index in [2.05, 4.69) is 10.1 Å². The molecular weight excluding hydrogens is 255 g/mol. The highest BCUT2D eigenvalue weighted by Crippen LogP contribution is 2.14. The Morgan fingerprint density at radius 2 is 1.72 bits per heavy atom. The van der Waals surface area contributed by atoms with E-state index in [4.69, 9.17) is 4.74 Å². The molecule has 106 valence electrons. The molecular formula is C10H16F3NO4. The number of esters is 1. The van der Waals surface area contributed by atoms with Gasteiger partial charge < -0.3 is 14.8 Å². The van der Waals surface area contributed by atoms with Gasteiger partial charge in [-0.25, -0.2) is 9.59 Å². The monoisotopic (exact) mass is 271 g/mol. The maximum Gasteiger partial charge on any atom is 0.422 e. The van der Waals surface area contributed by atoms with Gasteiger partial charge in [0.05, 0.1) is 0 Å². The predicted molar refractivity (Wildman–Crippen MR) is 55.8 cm³/mol. The van der Waals surface area contributed by atoms with Crippen LogP contribution in [0.25, 0.3) is 0 Å². The van der Waals surface area contributed by atoms with E-state index < -0.39 is 36.5 Å². The third-order valence-electron chi connectivity index (χ3n) is 1.46. The second kappa shape index (κ2) is 5.92. The van der Waals surface area contributed by atoms with Crippen molar-refractivity contribution in [3.63, 3.8) is 0 Å². The van der Waals surface area contributed by atoms with Gasteiger partial charge in [-0.05, 0) is 27.7 Å². The molecule has 0 fully saturated rings. The summed E-state index contributed by atoms with van der Waals surface area (Å²) in [5.41, 5.74) is -0.764. The van der Waals surface area contributed by atoms with Crippen LogP contribution in [0, 0.1) is 0 Å². The molecule has 0 aromatic rings. The zero-order valence-corrected chi connectivity index (χ0v) is 10.6. The van der Waals surface area contributed by atoms with E-state index >= 15 is 0 Å². The van der Waals surface area contributed by atoms with E-state index in [1.54, 1.807) is 20.8 Å². The highest BCUT2D eigenvalue weighted by atomic mass is 19.4. The molecule has 0 aliphatic rings. The van der Waals surface area contributed by atoms with Crippen molar-refractivity contribution in [1.82, 2.24) is 5.32 Å². The highest BCUT2D eigenvalue weighted by molar-refractivity contribution is 5.81. The second-order valence-corrected chi connectivity index (χ2v) is 4.59. The molecule has 8 heteroatoms. The van der Waals surface area contributed by atoms with Crippen molar-refractivity contribution >= 4 is 12.1 Å². The van der Waals surface area contributed by atoms with E-state index in [-0.39, 0.29) is 0 Å². The van der Waals surface area contributed by atoms with Crippen molar-refractivity contribution in [2.75, 3.05) is 6.61 Å². The molecule has 0 aromatic carbocycles. The molecule has 0 heterocycles. The number of hydrogen-bond acceptors (Lipinski definition) is 4. The van der Waals surface area contributed by atoms with Crippen LogP contribution in [0.15, 0.2) is 0 Å². The quantitative estimate of drug-likeness (QED) is 0.797. The minimum Gasteiger partial charge on any atom is -0.455 e. The Kier molecular flexibility index (Phi) is 5.44. The first-order valence-electron chi connectivity index (χ1n) is 5.13. The summed E-state index contributed by atoms with van der Waals surface area (Å²) in [5.74, 6) is -1.18. The summed E-state index contributed by atoms with van der Waals surface area (Å²) < 4.78 is 44.1. The second-order valence-electron chi connectivity index (χ2n) is 4.59. The zero-order chi connectivity index (χ0) is 14.6. The predicted octanol–water partition coefficient (Wildman–Crippen LogP) is 2.01. The molecule has 1 atom stereocenters. The van der Waals surface area contributed by atoms with Crippen LogP contribution in [0.1, 0.15) is 27.7 Å². The number of nitrogens with one attached hydrogen (secondary N) is 1. The molecule has 0 unspecified atom stereocenters.